The number of fused-ring (bicyclic) bond motifs is 2. The summed E-state index contributed by atoms with van der Waals surface area (Å²) in [5.74, 6) is 0.655. The van der Waals surface area contributed by atoms with Gasteiger partial charge in [0.1, 0.15) is 5.76 Å². The lowest BCUT2D eigenvalue weighted by Gasteiger charge is -2.13. The van der Waals surface area contributed by atoms with E-state index in [-0.39, 0.29) is 33.6 Å². The molecular formula is C24H25ClF3N3O4S. The first kappa shape index (κ1) is 26.2. The normalized spacial score (nSPS) is 15.5. The molecule has 1 aromatic carbocycles. The topological polar surface area (TPSA) is 86.4 Å². The highest BCUT2D eigenvalue weighted by molar-refractivity contribution is 7.92. The smallest absolute Gasteiger partial charge is 0.418 e. The van der Waals surface area contributed by atoms with E-state index in [0.29, 0.717) is 35.9 Å². The van der Waals surface area contributed by atoms with Crippen molar-refractivity contribution in [3.05, 3.63) is 52.4 Å². The molecular weight excluding hydrogens is 519 g/mol. The van der Waals surface area contributed by atoms with E-state index in [1.807, 2.05) is 20.8 Å². The van der Waals surface area contributed by atoms with Gasteiger partial charge in [-0.2, -0.15) is 13.2 Å². The van der Waals surface area contributed by atoms with Gasteiger partial charge in [-0.05, 0) is 30.6 Å². The van der Waals surface area contributed by atoms with E-state index in [2.05, 4.69) is 9.88 Å². The standard InChI is InChI=1S/C24H25ClF3N3O4S/c1-5-14-6-15(8-19(25)22(7-14)34-12-13(2)3)31-11-18(24(26,27)28)16-9-17-21(10-20(16)31)35-29-23(17)30-36(4,32)33/h6,8-11,13H,5,7,12H2,1-4H3,(H,29,30). The molecule has 0 saturated heterocycles. The van der Waals surface area contributed by atoms with Crippen LogP contribution in [0, 0.1) is 5.92 Å². The lowest BCUT2D eigenvalue weighted by molar-refractivity contribution is -0.136. The number of hydrogen-bond acceptors (Lipinski definition) is 5. The summed E-state index contributed by atoms with van der Waals surface area (Å²) in [6, 6.07) is 2.63. The van der Waals surface area contributed by atoms with E-state index in [1.165, 1.54) is 16.7 Å². The molecule has 0 unspecified atom stereocenters. The van der Waals surface area contributed by atoms with Gasteiger partial charge in [-0.15, -0.1) is 0 Å². The van der Waals surface area contributed by atoms with Gasteiger partial charge in [-0.1, -0.05) is 43.1 Å². The first-order chi connectivity index (χ1) is 16.8. The number of allylic oxidation sites excluding steroid dienone is 5. The molecule has 12 heteroatoms. The second-order valence-corrected chi connectivity index (χ2v) is 11.2. The SMILES string of the molecule is CCC1=CC(n2cc(C(F)(F)F)c3cc4c(NS(C)(=O)=O)noc4cc32)=CC(Cl)=C(OCC(C)C)C1. The number of hydrogen-bond donors (Lipinski definition) is 1. The number of alkyl halides is 3. The van der Waals surface area contributed by atoms with Crippen molar-refractivity contribution in [2.24, 2.45) is 5.92 Å². The molecule has 2 heterocycles. The molecule has 4 rings (SSSR count). The molecule has 1 aliphatic carbocycles. The van der Waals surface area contributed by atoms with Crippen LogP contribution in [0.5, 0.6) is 0 Å². The molecule has 1 aliphatic rings. The predicted molar refractivity (Wildman–Crippen MR) is 134 cm³/mol. The average Bonchev–Trinajstić information content (AvgIpc) is 3.28. The zero-order valence-electron chi connectivity index (χ0n) is 20.0. The van der Waals surface area contributed by atoms with E-state index in [9.17, 15) is 21.6 Å². The van der Waals surface area contributed by atoms with Gasteiger partial charge in [0.05, 0.1) is 34.4 Å². The van der Waals surface area contributed by atoms with Crippen molar-refractivity contribution >= 4 is 55.0 Å². The maximum absolute atomic E-state index is 14.1. The lowest BCUT2D eigenvalue weighted by atomic mass is 10.1. The van der Waals surface area contributed by atoms with Crippen LogP contribution in [0.25, 0.3) is 27.6 Å². The summed E-state index contributed by atoms with van der Waals surface area (Å²) in [6.45, 7) is 6.43. The number of ether oxygens (including phenoxy) is 1. The number of rotatable bonds is 7. The fourth-order valence-electron chi connectivity index (χ4n) is 3.90. The zero-order chi connectivity index (χ0) is 26.4. The Labute approximate surface area is 211 Å². The molecule has 0 bridgehead atoms. The quantitative estimate of drug-likeness (QED) is 0.351. The van der Waals surface area contributed by atoms with Gasteiger partial charge in [0.2, 0.25) is 10.0 Å². The number of nitrogens with zero attached hydrogens (tertiary/aromatic N) is 2. The van der Waals surface area contributed by atoms with Crippen molar-refractivity contribution in [2.75, 3.05) is 17.6 Å². The molecule has 0 radical (unpaired) electrons. The van der Waals surface area contributed by atoms with Gasteiger partial charge >= 0.3 is 6.18 Å². The largest absolute Gasteiger partial charge is 0.496 e. The number of anilines is 1. The van der Waals surface area contributed by atoms with Crippen molar-refractivity contribution in [3.8, 4) is 0 Å². The highest BCUT2D eigenvalue weighted by Crippen LogP contribution is 2.41. The van der Waals surface area contributed by atoms with E-state index in [4.69, 9.17) is 20.9 Å². The highest BCUT2D eigenvalue weighted by Gasteiger charge is 2.35. The Morgan fingerprint density at radius 1 is 1.25 bits per heavy atom. The Morgan fingerprint density at radius 2 is 1.97 bits per heavy atom. The van der Waals surface area contributed by atoms with Gasteiger partial charge in [-0.25, -0.2) is 8.42 Å². The monoisotopic (exact) mass is 543 g/mol. The van der Waals surface area contributed by atoms with Crippen LogP contribution in [-0.2, 0) is 20.9 Å². The van der Waals surface area contributed by atoms with Gasteiger partial charge in [-0.3, -0.25) is 4.72 Å². The third-order valence-corrected chi connectivity index (χ3v) is 6.47. The summed E-state index contributed by atoms with van der Waals surface area (Å²) in [5, 5.41) is 3.97. The highest BCUT2D eigenvalue weighted by atomic mass is 35.5. The van der Waals surface area contributed by atoms with E-state index >= 15 is 0 Å². The number of halogens is 4. The molecule has 1 N–H and O–H groups in total. The predicted octanol–water partition coefficient (Wildman–Crippen LogP) is 6.88. The van der Waals surface area contributed by atoms with Crippen LogP contribution in [0.2, 0.25) is 0 Å². The minimum atomic E-state index is -4.67. The van der Waals surface area contributed by atoms with Crippen LogP contribution in [-0.4, -0.2) is 31.0 Å². The van der Waals surface area contributed by atoms with Crippen LogP contribution in [0.3, 0.4) is 0 Å². The Hall–Kier alpha value is -2.92. The molecule has 2 aromatic heterocycles. The van der Waals surface area contributed by atoms with Crippen molar-refractivity contribution in [1.82, 2.24) is 9.72 Å². The van der Waals surface area contributed by atoms with Gasteiger partial charge < -0.3 is 13.8 Å². The summed E-state index contributed by atoms with van der Waals surface area (Å²) >= 11 is 6.56. The molecule has 7 nitrogen and oxygen atoms in total. The maximum Gasteiger partial charge on any atom is 0.418 e. The fraction of sp³-hybridized carbons (Fsp3) is 0.375. The minimum absolute atomic E-state index is 0.109. The summed E-state index contributed by atoms with van der Waals surface area (Å²) < 4.78 is 80.3. The Kier molecular flexibility index (Phi) is 6.91. The van der Waals surface area contributed by atoms with Crippen LogP contribution in [0.15, 0.2) is 51.4 Å². The molecule has 0 aliphatic heterocycles. The molecule has 0 amide bonds. The Balaban J connectivity index is 1.94. The lowest BCUT2D eigenvalue weighted by Crippen LogP contribution is -2.09. The number of benzene rings is 1. The molecule has 0 atom stereocenters. The van der Waals surface area contributed by atoms with Crippen LogP contribution < -0.4 is 4.72 Å². The maximum atomic E-state index is 14.1. The van der Waals surface area contributed by atoms with E-state index in [1.54, 1.807) is 12.2 Å². The number of sulfonamides is 1. The first-order valence-corrected chi connectivity index (χ1v) is 13.5. The summed E-state index contributed by atoms with van der Waals surface area (Å²) in [4.78, 5) is 0. The van der Waals surface area contributed by atoms with Crippen LogP contribution in [0.4, 0.5) is 19.0 Å². The van der Waals surface area contributed by atoms with Crippen molar-refractivity contribution in [1.29, 1.82) is 0 Å². The second-order valence-electron chi connectivity index (χ2n) is 9.06. The van der Waals surface area contributed by atoms with Crippen molar-refractivity contribution in [3.63, 3.8) is 0 Å². The summed E-state index contributed by atoms with van der Waals surface area (Å²) in [5.41, 5.74) is 0.795. The molecule has 0 saturated carbocycles. The first-order valence-electron chi connectivity index (χ1n) is 11.2. The van der Waals surface area contributed by atoms with Crippen molar-refractivity contribution in [2.45, 2.75) is 39.8 Å². The number of nitrogens with one attached hydrogen (secondary N) is 1. The Bertz CT molecular complexity index is 1530. The Morgan fingerprint density at radius 3 is 2.58 bits per heavy atom. The zero-order valence-corrected chi connectivity index (χ0v) is 21.6. The van der Waals surface area contributed by atoms with Gasteiger partial charge in [0, 0.05) is 29.8 Å². The average molecular weight is 544 g/mol. The number of aromatic nitrogens is 2. The van der Waals surface area contributed by atoms with Crippen LogP contribution in [0.1, 0.15) is 39.2 Å². The second kappa shape index (κ2) is 9.51. The van der Waals surface area contributed by atoms with Gasteiger partial charge in [0.15, 0.2) is 11.4 Å². The molecule has 36 heavy (non-hydrogen) atoms. The van der Waals surface area contributed by atoms with E-state index < -0.39 is 21.8 Å². The summed E-state index contributed by atoms with van der Waals surface area (Å²) in [6.07, 6.45) is 1.72. The van der Waals surface area contributed by atoms with Crippen LogP contribution >= 0.6 is 11.6 Å². The molecule has 0 fully saturated rings. The molecule has 0 spiro atoms. The molecule has 3 aromatic rings. The fourth-order valence-corrected chi connectivity index (χ4v) is 4.63. The summed E-state index contributed by atoms with van der Waals surface area (Å²) in [7, 11) is -3.73. The third-order valence-electron chi connectivity index (χ3n) is 5.59. The van der Waals surface area contributed by atoms with E-state index in [0.717, 1.165) is 18.0 Å². The molecule has 194 valence electrons. The minimum Gasteiger partial charge on any atom is -0.496 e. The third kappa shape index (κ3) is 5.41. The van der Waals surface area contributed by atoms with Gasteiger partial charge in [0.25, 0.3) is 0 Å². The van der Waals surface area contributed by atoms with Crippen molar-refractivity contribution < 1.29 is 30.8 Å².